The number of benzene rings is 2. The first-order chi connectivity index (χ1) is 11.2. The summed E-state index contributed by atoms with van der Waals surface area (Å²) >= 11 is 5.75. The summed E-state index contributed by atoms with van der Waals surface area (Å²) in [6, 6.07) is 5.38. The molecule has 0 atom stereocenters. The summed E-state index contributed by atoms with van der Waals surface area (Å²) in [6.07, 6.45) is 0. The number of carbonyl (C=O) groups excluding carboxylic acids is 2. The quantitative estimate of drug-likeness (QED) is 0.591. The van der Waals surface area contributed by atoms with Crippen molar-refractivity contribution in [2.45, 2.75) is 27.7 Å². The molecule has 0 amide bonds. The van der Waals surface area contributed by atoms with Crippen molar-refractivity contribution in [3.05, 3.63) is 68.5 Å². The summed E-state index contributed by atoms with van der Waals surface area (Å²) in [4.78, 5) is 24.3. The Balaban J connectivity index is 2.17. The van der Waals surface area contributed by atoms with Crippen molar-refractivity contribution >= 4 is 23.4 Å². The molecule has 5 heteroatoms. The average molecular weight is 349 g/mol. The molecule has 2 aromatic carbocycles. The molecule has 0 saturated carbocycles. The lowest BCUT2D eigenvalue weighted by molar-refractivity contribution is 0.0470. The fourth-order valence-electron chi connectivity index (χ4n) is 2.44. The molecule has 0 aliphatic rings. The average Bonchev–Trinajstić information content (AvgIpc) is 2.55. The van der Waals surface area contributed by atoms with Crippen LogP contribution in [0.4, 0.5) is 4.39 Å². The summed E-state index contributed by atoms with van der Waals surface area (Å²) in [5.41, 5.74) is 4.23. The number of halogens is 2. The Bertz CT molecular complexity index is 828. The van der Waals surface area contributed by atoms with Crippen LogP contribution in [0.2, 0.25) is 5.02 Å². The molecule has 3 nitrogen and oxygen atoms in total. The summed E-state index contributed by atoms with van der Waals surface area (Å²) in [7, 11) is 0. The van der Waals surface area contributed by atoms with Gasteiger partial charge in [0.05, 0.1) is 5.56 Å². The molecule has 2 rings (SSSR count). The van der Waals surface area contributed by atoms with Crippen molar-refractivity contribution in [2.75, 3.05) is 6.61 Å². The Labute approximate surface area is 145 Å². The minimum Gasteiger partial charge on any atom is -0.454 e. The molecule has 0 fully saturated rings. The molecule has 2 aromatic rings. The van der Waals surface area contributed by atoms with Crippen LogP contribution in [0.3, 0.4) is 0 Å². The van der Waals surface area contributed by atoms with Gasteiger partial charge in [-0.1, -0.05) is 11.6 Å². The zero-order valence-corrected chi connectivity index (χ0v) is 14.8. The van der Waals surface area contributed by atoms with Crippen molar-refractivity contribution in [3.8, 4) is 0 Å². The van der Waals surface area contributed by atoms with Crippen LogP contribution in [0.25, 0.3) is 0 Å². The molecule has 0 saturated heterocycles. The van der Waals surface area contributed by atoms with E-state index >= 15 is 0 Å². The zero-order valence-electron chi connectivity index (χ0n) is 14.0. The highest BCUT2D eigenvalue weighted by Crippen LogP contribution is 2.22. The van der Waals surface area contributed by atoms with Gasteiger partial charge in [-0.25, -0.2) is 9.18 Å². The second-order valence-corrected chi connectivity index (χ2v) is 6.18. The number of Topliss-reactive ketones (excluding diaryl/α,β-unsaturated/α-hetero) is 1. The summed E-state index contributed by atoms with van der Waals surface area (Å²) in [6.45, 7) is 7.27. The van der Waals surface area contributed by atoms with Crippen molar-refractivity contribution in [2.24, 2.45) is 0 Å². The lowest BCUT2D eigenvalue weighted by Crippen LogP contribution is -2.17. The number of aryl methyl sites for hydroxylation is 1. The second-order valence-electron chi connectivity index (χ2n) is 5.74. The number of esters is 1. The van der Waals surface area contributed by atoms with Crippen LogP contribution in [-0.2, 0) is 4.74 Å². The topological polar surface area (TPSA) is 43.4 Å². The van der Waals surface area contributed by atoms with E-state index in [1.165, 1.54) is 12.1 Å². The van der Waals surface area contributed by atoms with Gasteiger partial charge in [0.15, 0.2) is 6.61 Å². The van der Waals surface area contributed by atoms with Gasteiger partial charge in [-0.05, 0) is 74.2 Å². The van der Waals surface area contributed by atoms with Crippen LogP contribution in [0.15, 0.2) is 24.3 Å². The largest absolute Gasteiger partial charge is 0.454 e. The van der Waals surface area contributed by atoms with E-state index in [1.54, 1.807) is 6.07 Å². The van der Waals surface area contributed by atoms with Crippen molar-refractivity contribution in [3.63, 3.8) is 0 Å². The van der Waals surface area contributed by atoms with Gasteiger partial charge in [0.2, 0.25) is 5.78 Å². The first-order valence-corrected chi connectivity index (χ1v) is 7.83. The molecular formula is C19H18ClFO3. The van der Waals surface area contributed by atoms with Gasteiger partial charge in [-0.2, -0.15) is 0 Å². The molecule has 126 valence electrons. The predicted octanol–water partition coefficient (Wildman–Crippen LogP) is 4.75. The third kappa shape index (κ3) is 3.65. The number of hydrogen-bond acceptors (Lipinski definition) is 3. The third-order valence-corrected chi connectivity index (χ3v) is 4.50. The molecule has 0 radical (unpaired) electrons. The molecule has 0 bridgehead atoms. The molecule has 0 heterocycles. The fraction of sp³-hybridized carbons (Fsp3) is 0.263. The minimum absolute atomic E-state index is 0.218. The molecular weight excluding hydrogens is 331 g/mol. The van der Waals surface area contributed by atoms with Crippen molar-refractivity contribution in [1.29, 1.82) is 0 Å². The summed E-state index contributed by atoms with van der Waals surface area (Å²) < 4.78 is 18.6. The number of ether oxygens (including phenoxy) is 1. The van der Waals surface area contributed by atoms with Gasteiger partial charge in [0.25, 0.3) is 0 Å². The van der Waals surface area contributed by atoms with E-state index in [0.717, 1.165) is 28.3 Å². The smallest absolute Gasteiger partial charge is 0.341 e. The zero-order chi connectivity index (χ0) is 18.0. The van der Waals surface area contributed by atoms with Gasteiger partial charge < -0.3 is 4.74 Å². The molecule has 0 unspecified atom stereocenters. The Morgan fingerprint density at radius 2 is 1.67 bits per heavy atom. The summed E-state index contributed by atoms with van der Waals surface area (Å²) in [5, 5.41) is 0.218. The van der Waals surface area contributed by atoms with E-state index in [1.807, 2.05) is 27.7 Å². The molecule has 0 N–H and O–H groups in total. The summed E-state index contributed by atoms with van der Waals surface area (Å²) in [5.74, 6) is -1.98. The van der Waals surface area contributed by atoms with Gasteiger partial charge >= 0.3 is 5.97 Å². The number of carbonyl (C=O) groups is 2. The van der Waals surface area contributed by atoms with E-state index in [2.05, 4.69) is 0 Å². The van der Waals surface area contributed by atoms with Crippen LogP contribution >= 0.6 is 11.6 Å². The molecule has 0 spiro atoms. The number of ketones is 1. The highest BCUT2D eigenvalue weighted by atomic mass is 35.5. The lowest BCUT2D eigenvalue weighted by Gasteiger charge is -2.13. The van der Waals surface area contributed by atoms with Crippen LogP contribution in [0.5, 0.6) is 0 Å². The Kier molecular flexibility index (Phi) is 5.40. The first-order valence-electron chi connectivity index (χ1n) is 7.45. The van der Waals surface area contributed by atoms with Crippen molar-refractivity contribution < 1.29 is 18.7 Å². The van der Waals surface area contributed by atoms with Gasteiger partial charge in [-0.15, -0.1) is 0 Å². The Morgan fingerprint density at radius 3 is 2.33 bits per heavy atom. The Morgan fingerprint density at radius 1 is 1.00 bits per heavy atom. The van der Waals surface area contributed by atoms with E-state index in [4.69, 9.17) is 16.3 Å². The van der Waals surface area contributed by atoms with Gasteiger partial charge in [0.1, 0.15) is 5.82 Å². The normalized spacial score (nSPS) is 10.6. The van der Waals surface area contributed by atoms with E-state index < -0.39 is 18.4 Å². The van der Waals surface area contributed by atoms with Crippen molar-refractivity contribution in [1.82, 2.24) is 0 Å². The standard InChI is InChI=1S/C19H18ClFO3/c1-10-7-15(13(4)12(3)11(10)2)18(22)9-24-19(23)16-8-14(20)5-6-17(16)21/h5-8H,9H2,1-4H3. The highest BCUT2D eigenvalue weighted by Gasteiger charge is 2.18. The fourth-order valence-corrected chi connectivity index (χ4v) is 2.61. The van der Waals surface area contributed by atoms with Crippen LogP contribution in [-0.4, -0.2) is 18.4 Å². The maximum Gasteiger partial charge on any atom is 0.341 e. The van der Waals surface area contributed by atoms with E-state index in [-0.39, 0.29) is 16.4 Å². The van der Waals surface area contributed by atoms with Crippen LogP contribution < -0.4 is 0 Å². The lowest BCUT2D eigenvalue weighted by atomic mass is 9.93. The maximum absolute atomic E-state index is 13.6. The second kappa shape index (κ2) is 7.14. The third-order valence-electron chi connectivity index (χ3n) is 4.26. The van der Waals surface area contributed by atoms with Gasteiger partial charge in [-0.3, -0.25) is 4.79 Å². The van der Waals surface area contributed by atoms with Crippen LogP contribution in [0, 0.1) is 33.5 Å². The number of hydrogen-bond donors (Lipinski definition) is 0. The first kappa shape index (κ1) is 18.1. The maximum atomic E-state index is 13.6. The monoisotopic (exact) mass is 348 g/mol. The predicted molar refractivity (Wildman–Crippen MR) is 91.4 cm³/mol. The van der Waals surface area contributed by atoms with Crippen LogP contribution in [0.1, 0.15) is 43.0 Å². The minimum atomic E-state index is -0.915. The Hall–Kier alpha value is -2.20. The number of rotatable bonds is 4. The van der Waals surface area contributed by atoms with E-state index in [9.17, 15) is 14.0 Å². The van der Waals surface area contributed by atoms with E-state index in [0.29, 0.717) is 5.56 Å². The molecule has 0 aliphatic carbocycles. The molecule has 24 heavy (non-hydrogen) atoms. The molecule has 0 aromatic heterocycles. The SMILES string of the molecule is Cc1cc(C(=O)COC(=O)c2cc(Cl)ccc2F)c(C)c(C)c1C. The molecule has 0 aliphatic heterocycles. The highest BCUT2D eigenvalue weighted by molar-refractivity contribution is 6.30. The van der Waals surface area contributed by atoms with Gasteiger partial charge in [0, 0.05) is 10.6 Å².